The lowest BCUT2D eigenvalue weighted by atomic mass is 10.2. The van der Waals surface area contributed by atoms with Gasteiger partial charge in [0.15, 0.2) is 6.23 Å². The number of hydrogen-bond acceptors (Lipinski definition) is 7. The van der Waals surface area contributed by atoms with Gasteiger partial charge in [-0.3, -0.25) is 4.79 Å². The summed E-state index contributed by atoms with van der Waals surface area (Å²) < 4.78 is 10.4. The molecule has 19 heavy (non-hydrogen) atoms. The molecule has 2 N–H and O–H groups in total. The number of carbonyl (C=O) groups is 1. The summed E-state index contributed by atoms with van der Waals surface area (Å²) in [6.45, 7) is 0.103. The van der Waals surface area contributed by atoms with E-state index in [9.17, 15) is 15.0 Å². The van der Waals surface area contributed by atoms with Crippen LogP contribution >= 0.6 is 24.0 Å². The normalized spacial score (nSPS) is 26.2. The second-order valence-corrected chi connectivity index (χ2v) is 5.92. The largest absolute Gasteiger partial charge is 0.469 e. The van der Waals surface area contributed by atoms with Crippen LogP contribution in [-0.4, -0.2) is 70.4 Å². The Morgan fingerprint density at radius 2 is 2.26 bits per heavy atom. The zero-order chi connectivity index (χ0) is 14.4. The molecule has 1 fully saturated rings. The second-order valence-electron chi connectivity index (χ2n) is 4.19. The summed E-state index contributed by atoms with van der Waals surface area (Å²) in [5, 5.41) is 19.1. The first-order valence-corrected chi connectivity index (χ1v) is 7.31. The third-order valence-corrected chi connectivity index (χ3v) is 4.44. The third kappa shape index (κ3) is 4.88. The molecule has 110 valence electrons. The first-order chi connectivity index (χ1) is 8.97. The van der Waals surface area contributed by atoms with E-state index in [4.69, 9.17) is 17.0 Å². The Hall–Kier alpha value is -0.410. The molecule has 1 rings (SSSR count). The molecule has 0 amide bonds. The van der Waals surface area contributed by atoms with Crippen LogP contribution in [0.5, 0.6) is 0 Å². The lowest BCUT2D eigenvalue weighted by molar-refractivity contribution is -0.140. The molecule has 0 spiro atoms. The van der Waals surface area contributed by atoms with Gasteiger partial charge in [-0.15, -0.1) is 0 Å². The van der Waals surface area contributed by atoms with Gasteiger partial charge in [0.25, 0.3) is 0 Å². The minimum Gasteiger partial charge on any atom is -0.469 e. The Labute approximate surface area is 122 Å². The zero-order valence-corrected chi connectivity index (χ0v) is 12.6. The van der Waals surface area contributed by atoms with Crippen molar-refractivity contribution in [1.82, 2.24) is 4.90 Å². The SMILES string of the molecule is COC(=O)CCCSC(=S)N(C)[C@@H]1OC[C@@H](O)[C@H]1O. The Morgan fingerprint density at radius 1 is 1.58 bits per heavy atom. The van der Waals surface area contributed by atoms with Crippen molar-refractivity contribution in [3.8, 4) is 0 Å². The molecule has 0 aliphatic carbocycles. The summed E-state index contributed by atoms with van der Waals surface area (Å²) in [6.07, 6.45) is -1.42. The zero-order valence-electron chi connectivity index (χ0n) is 10.9. The number of thioether (sulfide) groups is 1. The minimum atomic E-state index is -0.960. The molecule has 0 aromatic heterocycles. The molecule has 0 saturated carbocycles. The smallest absolute Gasteiger partial charge is 0.305 e. The standard InChI is InChI=1S/C11H19NO5S2/c1-12(10-9(15)7(13)6-17-10)11(18)19-5-3-4-8(14)16-2/h7,9-10,13,15H,3-6H2,1-2H3/t7-,9-,10-/m1/s1. The summed E-state index contributed by atoms with van der Waals surface area (Å²) >= 11 is 6.62. The van der Waals surface area contributed by atoms with E-state index >= 15 is 0 Å². The van der Waals surface area contributed by atoms with E-state index in [2.05, 4.69) is 4.74 Å². The molecule has 0 radical (unpaired) electrons. The van der Waals surface area contributed by atoms with Crippen molar-refractivity contribution in [3.63, 3.8) is 0 Å². The van der Waals surface area contributed by atoms with Gasteiger partial charge < -0.3 is 24.6 Å². The van der Waals surface area contributed by atoms with Crippen LogP contribution in [0.3, 0.4) is 0 Å². The van der Waals surface area contributed by atoms with Gasteiger partial charge in [0.05, 0.1) is 13.7 Å². The molecule has 6 nitrogen and oxygen atoms in total. The van der Waals surface area contributed by atoms with Gasteiger partial charge in [0, 0.05) is 19.2 Å². The molecule has 0 aromatic carbocycles. The number of thiocarbonyl (C=S) groups is 1. The Kier molecular flexibility index (Phi) is 7.01. The molecule has 1 heterocycles. The first-order valence-electron chi connectivity index (χ1n) is 5.91. The number of likely N-dealkylation sites (N-methyl/N-ethyl adjacent to an activating group) is 1. The average molecular weight is 309 g/mol. The summed E-state index contributed by atoms with van der Waals surface area (Å²) in [7, 11) is 3.07. The van der Waals surface area contributed by atoms with E-state index < -0.39 is 18.4 Å². The number of esters is 1. The van der Waals surface area contributed by atoms with E-state index in [1.807, 2.05) is 0 Å². The van der Waals surface area contributed by atoms with Gasteiger partial charge in [-0.25, -0.2) is 0 Å². The Balaban J connectivity index is 2.27. The highest BCUT2D eigenvalue weighted by atomic mass is 32.2. The van der Waals surface area contributed by atoms with Crippen LogP contribution in [0.2, 0.25) is 0 Å². The van der Waals surface area contributed by atoms with E-state index in [1.165, 1.54) is 18.9 Å². The fourth-order valence-corrected chi connectivity index (χ4v) is 2.73. The quantitative estimate of drug-likeness (QED) is 0.416. The van der Waals surface area contributed by atoms with Crippen molar-refractivity contribution in [1.29, 1.82) is 0 Å². The van der Waals surface area contributed by atoms with Crippen LogP contribution in [-0.2, 0) is 14.3 Å². The van der Waals surface area contributed by atoms with Gasteiger partial charge in [-0.1, -0.05) is 24.0 Å². The van der Waals surface area contributed by atoms with Crippen molar-refractivity contribution < 1.29 is 24.5 Å². The maximum absolute atomic E-state index is 10.9. The van der Waals surface area contributed by atoms with Gasteiger partial charge in [0.1, 0.15) is 16.5 Å². The second kappa shape index (κ2) is 8.01. The number of rotatable bonds is 5. The molecular formula is C11H19NO5S2. The van der Waals surface area contributed by atoms with Crippen molar-refractivity contribution in [3.05, 3.63) is 0 Å². The predicted molar refractivity (Wildman–Crippen MR) is 75.8 cm³/mol. The van der Waals surface area contributed by atoms with Crippen molar-refractivity contribution in [2.75, 3.05) is 26.5 Å². The molecule has 0 bridgehead atoms. The third-order valence-electron chi connectivity index (χ3n) is 2.77. The van der Waals surface area contributed by atoms with Crippen LogP contribution in [0.25, 0.3) is 0 Å². The highest BCUT2D eigenvalue weighted by Crippen LogP contribution is 2.21. The lowest BCUT2D eigenvalue weighted by Crippen LogP contribution is -2.43. The fourth-order valence-electron chi connectivity index (χ4n) is 1.61. The molecule has 1 aliphatic heterocycles. The predicted octanol–water partition coefficient (Wildman–Crippen LogP) is -0.0324. The fraction of sp³-hybridized carbons (Fsp3) is 0.818. The monoisotopic (exact) mass is 309 g/mol. The van der Waals surface area contributed by atoms with Crippen molar-refractivity contribution >= 4 is 34.3 Å². The Morgan fingerprint density at radius 3 is 2.79 bits per heavy atom. The number of nitrogens with zero attached hydrogens (tertiary/aromatic N) is 1. The number of carbonyl (C=O) groups excluding carboxylic acids is 1. The van der Waals surface area contributed by atoms with Gasteiger partial charge in [0.2, 0.25) is 0 Å². The van der Waals surface area contributed by atoms with Gasteiger partial charge in [-0.05, 0) is 6.42 Å². The number of ether oxygens (including phenoxy) is 2. The average Bonchev–Trinajstić information content (AvgIpc) is 2.73. The van der Waals surface area contributed by atoms with Crippen LogP contribution in [0.4, 0.5) is 0 Å². The highest BCUT2D eigenvalue weighted by molar-refractivity contribution is 8.22. The number of methoxy groups -OCH3 is 1. The van der Waals surface area contributed by atoms with Crippen LogP contribution in [0.15, 0.2) is 0 Å². The van der Waals surface area contributed by atoms with Crippen molar-refractivity contribution in [2.45, 2.75) is 31.3 Å². The topological polar surface area (TPSA) is 79.2 Å². The molecule has 1 aliphatic rings. The molecular weight excluding hydrogens is 290 g/mol. The maximum Gasteiger partial charge on any atom is 0.305 e. The maximum atomic E-state index is 10.9. The molecule has 0 aromatic rings. The number of aliphatic hydroxyl groups is 2. The van der Waals surface area contributed by atoms with Crippen LogP contribution in [0.1, 0.15) is 12.8 Å². The molecule has 1 saturated heterocycles. The minimum absolute atomic E-state index is 0.103. The van der Waals surface area contributed by atoms with E-state index in [0.29, 0.717) is 22.9 Å². The molecule has 8 heteroatoms. The first kappa shape index (κ1) is 16.6. The van der Waals surface area contributed by atoms with E-state index in [-0.39, 0.29) is 12.6 Å². The van der Waals surface area contributed by atoms with Crippen LogP contribution in [0, 0.1) is 0 Å². The summed E-state index contributed by atoms with van der Waals surface area (Å²) in [6, 6.07) is 0. The number of hydrogen-bond donors (Lipinski definition) is 2. The van der Waals surface area contributed by atoms with Gasteiger partial charge >= 0.3 is 5.97 Å². The summed E-state index contributed by atoms with van der Waals surface area (Å²) in [5.74, 6) is 0.446. The molecule has 0 unspecified atom stereocenters. The highest BCUT2D eigenvalue weighted by Gasteiger charge is 2.38. The van der Waals surface area contributed by atoms with Crippen LogP contribution < -0.4 is 0 Å². The van der Waals surface area contributed by atoms with E-state index in [0.717, 1.165) is 0 Å². The summed E-state index contributed by atoms with van der Waals surface area (Å²) in [4.78, 5) is 12.5. The lowest BCUT2D eigenvalue weighted by Gasteiger charge is -2.28. The summed E-state index contributed by atoms with van der Waals surface area (Å²) in [5.41, 5.74) is 0. The van der Waals surface area contributed by atoms with E-state index in [1.54, 1.807) is 11.9 Å². The number of aliphatic hydroxyl groups excluding tert-OH is 2. The van der Waals surface area contributed by atoms with Gasteiger partial charge in [-0.2, -0.15) is 0 Å². The van der Waals surface area contributed by atoms with Crippen molar-refractivity contribution in [2.24, 2.45) is 0 Å². The Bertz CT molecular complexity index is 328. The molecule has 3 atom stereocenters.